The van der Waals surface area contributed by atoms with Crippen LogP contribution in [0.4, 0.5) is 0 Å². The van der Waals surface area contributed by atoms with Crippen molar-refractivity contribution < 1.29 is 4.79 Å². The predicted octanol–water partition coefficient (Wildman–Crippen LogP) is 3.96. The quantitative estimate of drug-likeness (QED) is 0.509. The average Bonchev–Trinajstić information content (AvgIpc) is 3.12. The minimum absolute atomic E-state index is 0. The van der Waals surface area contributed by atoms with E-state index in [0.29, 0.717) is 11.4 Å². The Balaban J connectivity index is 0.00000150. The maximum absolute atomic E-state index is 12.5. The van der Waals surface area contributed by atoms with Crippen LogP contribution in [0.1, 0.15) is 17.7 Å². The second-order valence-electron chi connectivity index (χ2n) is 6.45. The Bertz CT molecular complexity index is 975. The van der Waals surface area contributed by atoms with Crippen LogP contribution in [0.25, 0.3) is 11.7 Å². The molecule has 0 radical (unpaired) electrons. The minimum Gasteiger partial charge on any atom is -0.350 e. The molecule has 5 nitrogen and oxygen atoms in total. The average molecular weight is 451 g/mol. The summed E-state index contributed by atoms with van der Waals surface area (Å²) in [5.41, 5.74) is 3.22. The zero-order valence-electron chi connectivity index (χ0n) is 15.8. The molecule has 0 unspecified atom stereocenters. The number of pyridine rings is 1. The Morgan fingerprint density at radius 1 is 1.00 bits per heavy atom. The summed E-state index contributed by atoms with van der Waals surface area (Å²) >= 11 is 1.48. The van der Waals surface area contributed by atoms with Crippen LogP contribution in [0.2, 0.25) is 0 Å². The fraction of sp³-hybridized carbons (Fsp3) is 0.238. The first-order valence-electron chi connectivity index (χ1n) is 9.20. The molecule has 3 heterocycles. The van der Waals surface area contributed by atoms with Gasteiger partial charge in [0, 0.05) is 13.1 Å². The number of amides is 1. The molecule has 2 N–H and O–H groups in total. The van der Waals surface area contributed by atoms with E-state index < -0.39 is 0 Å². The van der Waals surface area contributed by atoms with Crippen molar-refractivity contribution in [2.24, 2.45) is 0 Å². The van der Waals surface area contributed by atoms with E-state index in [0.717, 1.165) is 42.3 Å². The molecule has 8 heteroatoms. The van der Waals surface area contributed by atoms with E-state index in [1.54, 1.807) is 6.20 Å². The maximum Gasteiger partial charge on any atom is 0.258 e. The van der Waals surface area contributed by atoms with Gasteiger partial charge in [0.25, 0.3) is 5.91 Å². The topological polar surface area (TPSA) is 58.4 Å². The number of aryl methyl sites for hydroxylation is 1. The summed E-state index contributed by atoms with van der Waals surface area (Å²) in [6, 6.07) is 16.4. The van der Waals surface area contributed by atoms with Crippen LogP contribution in [0, 0.1) is 0 Å². The predicted molar refractivity (Wildman–Crippen MR) is 124 cm³/mol. The largest absolute Gasteiger partial charge is 0.350 e. The molecule has 0 saturated carbocycles. The first-order valence-corrected chi connectivity index (χ1v) is 10.0. The number of hydrogen-bond acceptors (Lipinski definition) is 4. The van der Waals surface area contributed by atoms with Gasteiger partial charge in [-0.1, -0.05) is 48.2 Å². The molecule has 0 fully saturated rings. The molecule has 3 aromatic rings. The van der Waals surface area contributed by atoms with E-state index in [-0.39, 0.29) is 30.7 Å². The second kappa shape index (κ2) is 11.3. The van der Waals surface area contributed by atoms with E-state index in [9.17, 15) is 4.79 Å². The number of carbonyl (C=O) groups excluding carboxylic acids is 1. The summed E-state index contributed by atoms with van der Waals surface area (Å²) in [5, 5.41) is 7.40. The lowest BCUT2D eigenvalue weighted by Crippen LogP contribution is -2.32. The summed E-state index contributed by atoms with van der Waals surface area (Å²) in [6.07, 6.45) is 5.87. The van der Waals surface area contributed by atoms with E-state index in [1.807, 2.05) is 30.3 Å². The van der Waals surface area contributed by atoms with Crippen LogP contribution in [0.3, 0.4) is 0 Å². The Labute approximate surface area is 187 Å². The molecule has 2 aromatic heterocycles. The molecule has 0 bridgehead atoms. The number of thioether (sulfide) groups is 1. The third kappa shape index (κ3) is 5.76. The number of halogens is 2. The number of nitrogens with one attached hydrogen (secondary N) is 2. The van der Waals surface area contributed by atoms with E-state index >= 15 is 0 Å². The highest BCUT2D eigenvalue weighted by molar-refractivity contribution is 8.04. The highest BCUT2D eigenvalue weighted by Gasteiger charge is 2.19. The Kier molecular flexibility index (Phi) is 9.04. The van der Waals surface area contributed by atoms with Gasteiger partial charge in [-0.25, -0.2) is 4.98 Å². The van der Waals surface area contributed by atoms with Gasteiger partial charge in [-0.3, -0.25) is 9.20 Å². The molecule has 4 rings (SSSR count). The molecular weight excluding hydrogens is 427 g/mol. The standard InChI is InChI=1S/C21H22N4OS.2ClH/c26-21(23-13-12-22-11-5-8-16-6-2-1-3-7-16)18-14-17-15-24-19-9-4-10-20(27-18)25(17)19;;/h1-4,6-7,9-10,14-15,22H,5,8,11-13H2,(H,23,26);2*1H. The number of nitrogens with zero attached hydrogens (tertiary/aromatic N) is 2. The molecule has 1 aliphatic heterocycles. The van der Waals surface area contributed by atoms with Crippen LogP contribution in [0.5, 0.6) is 0 Å². The van der Waals surface area contributed by atoms with Crippen LogP contribution < -0.4 is 10.6 Å². The number of carbonyl (C=O) groups is 1. The monoisotopic (exact) mass is 450 g/mol. The van der Waals surface area contributed by atoms with Gasteiger partial charge < -0.3 is 10.6 Å². The molecule has 0 saturated heterocycles. The fourth-order valence-corrected chi connectivity index (χ4v) is 4.14. The van der Waals surface area contributed by atoms with E-state index in [2.05, 4.69) is 44.3 Å². The van der Waals surface area contributed by atoms with Crippen molar-refractivity contribution in [2.45, 2.75) is 17.9 Å². The van der Waals surface area contributed by atoms with Crippen molar-refractivity contribution in [3.63, 3.8) is 0 Å². The molecule has 0 spiro atoms. The zero-order valence-corrected chi connectivity index (χ0v) is 18.3. The van der Waals surface area contributed by atoms with Gasteiger partial charge >= 0.3 is 0 Å². The molecule has 1 amide bonds. The van der Waals surface area contributed by atoms with Crippen molar-refractivity contribution in [2.75, 3.05) is 19.6 Å². The molecule has 1 aromatic carbocycles. The molecule has 1 aliphatic rings. The third-order valence-electron chi connectivity index (χ3n) is 4.49. The van der Waals surface area contributed by atoms with E-state index in [1.165, 1.54) is 17.3 Å². The van der Waals surface area contributed by atoms with Gasteiger partial charge in [0.15, 0.2) is 0 Å². The highest BCUT2D eigenvalue weighted by atomic mass is 35.5. The van der Waals surface area contributed by atoms with Gasteiger partial charge in [-0.15, -0.1) is 24.8 Å². The number of imidazole rings is 1. The van der Waals surface area contributed by atoms with Crippen LogP contribution in [-0.2, 0) is 11.2 Å². The molecular formula is C21H24Cl2N4OS. The van der Waals surface area contributed by atoms with Crippen LogP contribution in [0.15, 0.2) is 64.7 Å². The Morgan fingerprint density at radius 2 is 1.83 bits per heavy atom. The van der Waals surface area contributed by atoms with Gasteiger partial charge in [-0.05, 0) is 43.2 Å². The maximum atomic E-state index is 12.5. The van der Waals surface area contributed by atoms with Crippen molar-refractivity contribution >= 4 is 54.2 Å². The third-order valence-corrected chi connectivity index (χ3v) is 5.54. The Morgan fingerprint density at radius 3 is 2.66 bits per heavy atom. The van der Waals surface area contributed by atoms with Gasteiger partial charge in [0.2, 0.25) is 0 Å². The Hall–Kier alpha value is -1.99. The number of hydrogen-bond donors (Lipinski definition) is 2. The molecule has 0 aliphatic carbocycles. The van der Waals surface area contributed by atoms with Crippen molar-refractivity contribution in [3.8, 4) is 0 Å². The molecule has 0 atom stereocenters. The van der Waals surface area contributed by atoms with E-state index in [4.69, 9.17) is 0 Å². The van der Waals surface area contributed by atoms with Crippen molar-refractivity contribution in [1.29, 1.82) is 0 Å². The van der Waals surface area contributed by atoms with Crippen LogP contribution in [-0.4, -0.2) is 34.9 Å². The number of rotatable bonds is 8. The van der Waals surface area contributed by atoms with Crippen molar-refractivity contribution in [1.82, 2.24) is 20.0 Å². The number of benzene rings is 1. The normalized spacial score (nSPS) is 11.9. The zero-order chi connectivity index (χ0) is 18.5. The first kappa shape index (κ1) is 23.3. The molecule has 29 heavy (non-hydrogen) atoms. The lowest BCUT2D eigenvalue weighted by Gasteiger charge is -2.15. The second-order valence-corrected chi connectivity index (χ2v) is 7.51. The summed E-state index contributed by atoms with van der Waals surface area (Å²) in [4.78, 5) is 17.5. The van der Waals surface area contributed by atoms with Gasteiger partial charge in [0.1, 0.15) is 5.65 Å². The highest BCUT2D eigenvalue weighted by Crippen LogP contribution is 2.34. The van der Waals surface area contributed by atoms with Gasteiger partial charge in [0.05, 0.1) is 21.8 Å². The first-order chi connectivity index (χ1) is 13.3. The fourth-order valence-electron chi connectivity index (χ4n) is 3.14. The SMILES string of the molecule is Cl.Cl.O=C(NCCNCCCc1ccccc1)C1=Cc2cnc3cccc(n23)S1. The lowest BCUT2D eigenvalue weighted by molar-refractivity contribution is -0.116. The summed E-state index contributed by atoms with van der Waals surface area (Å²) < 4.78 is 2.07. The summed E-state index contributed by atoms with van der Waals surface area (Å²) in [5.74, 6) is -0.0319. The van der Waals surface area contributed by atoms with Crippen molar-refractivity contribution in [3.05, 3.63) is 70.9 Å². The minimum atomic E-state index is -0.0319. The van der Waals surface area contributed by atoms with Crippen LogP contribution >= 0.6 is 36.6 Å². The molecule has 154 valence electrons. The summed E-state index contributed by atoms with van der Waals surface area (Å²) in [7, 11) is 0. The smallest absolute Gasteiger partial charge is 0.258 e. The summed E-state index contributed by atoms with van der Waals surface area (Å²) in [6.45, 7) is 2.33. The number of aromatic nitrogens is 2. The van der Waals surface area contributed by atoms with Gasteiger partial charge in [-0.2, -0.15) is 0 Å². The lowest BCUT2D eigenvalue weighted by atomic mass is 10.1.